The number of hydrogen-bond donors (Lipinski definition) is 2. The van der Waals surface area contributed by atoms with Gasteiger partial charge in [0.25, 0.3) is 0 Å². The molecule has 2 N–H and O–H groups in total. The molecule has 0 unspecified atom stereocenters. The molecule has 3 rings (SSSR count). The van der Waals surface area contributed by atoms with Gasteiger partial charge in [0.05, 0.1) is 41.2 Å². The second kappa shape index (κ2) is 9.69. The Labute approximate surface area is 170 Å². The molecule has 1 aromatic heterocycles. The molecule has 0 saturated carbocycles. The molecule has 1 aliphatic rings. The van der Waals surface area contributed by atoms with Crippen molar-refractivity contribution in [2.24, 2.45) is 0 Å². The highest BCUT2D eigenvalue weighted by molar-refractivity contribution is 7.07. The topological polar surface area (TPSA) is 116 Å². The number of hydrogen-bond acceptors (Lipinski definition) is 8. The zero-order chi connectivity index (χ0) is 20.6. The summed E-state index contributed by atoms with van der Waals surface area (Å²) in [6.07, 6.45) is 0. The Morgan fingerprint density at radius 2 is 1.93 bits per heavy atom. The van der Waals surface area contributed by atoms with E-state index in [9.17, 15) is 14.4 Å². The minimum atomic E-state index is -0.598. The van der Waals surface area contributed by atoms with Crippen LogP contribution in [0.15, 0.2) is 46.4 Å². The van der Waals surface area contributed by atoms with E-state index in [0.29, 0.717) is 17.9 Å². The van der Waals surface area contributed by atoms with Crippen LogP contribution in [-0.2, 0) is 20.9 Å². The van der Waals surface area contributed by atoms with Crippen molar-refractivity contribution in [3.05, 3.63) is 57.7 Å². The Morgan fingerprint density at radius 1 is 1.14 bits per heavy atom. The lowest BCUT2D eigenvalue weighted by atomic mass is 10.1. The Morgan fingerprint density at radius 3 is 2.62 bits per heavy atom. The number of thiazole rings is 1. The molecular formula is C19H19N3O6S. The Kier molecular flexibility index (Phi) is 6.80. The van der Waals surface area contributed by atoms with E-state index in [0.717, 1.165) is 5.69 Å². The number of ether oxygens (including phenoxy) is 3. The minimum Gasteiger partial charge on any atom is -0.487 e. The highest BCUT2D eigenvalue weighted by Crippen LogP contribution is 2.16. The third-order valence-corrected chi connectivity index (χ3v) is 4.52. The number of amides is 2. The molecule has 10 heteroatoms. The van der Waals surface area contributed by atoms with Crippen LogP contribution >= 0.6 is 11.3 Å². The van der Waals surface area contributed by atoms with Crippen LogP contribution in [-0.4, -0.2) is 42.7 Å². The summed E-state index contributed by atoms with van der Waals surface area (Å²) in [7, 11) is 0. The van der Waals surface area contributed by atoms with Crippen molar-refractivity contribution >= 4 is 29.3 Å². The van der Waals surface area contributed by atoms with Crippen LogP contribution in [0.25, 0.3) is 0 Å². The molecule has 0 atom stereocenters. The maximum Gasteiger partial charge on any atom is 0.338 e. The summed E-state index contributed by atoms with van der Waals surface area (Å²) in [5.41, 5.74) is 3.28. The van der Waals surface area contributed by atoms with Gasteiger partial charge in [-0.25, -0.2) is 19.4 Å². The molecule has 0 fully saturated rings. The SMILES string of the molecule is CCOC(=O)C1=C(COC(=O)c2ccc(OCc3cscn3)cc2)NC(=O)NC1. The fourth-order valence-corrected chi connectivity index (χ4v) is 2.99. The number of carbonyl (C=O) groups excluding carboxylic acids is 3. The molecule has 2 amide bonds. The summed E-state index contributed by atoms with van der Waals surface area (Å²) in [5.74, 6) is -0.584. The first kappa shape index (κ1) is 20.3. The van der Waals surface area contributed by atoms with Crippen molar-refractivity contribution in [1.29, 1.82) is 0 Å². The van der Waals surface area contributed by atoms with Crippen molar-refractivity contribution in [2.75, 3.05) is 19.8 Å². The molecule has 1 aromatic carbocycles. The summed E-state index contributed by atoms with van der Waals surface area (Å²) >= 11 is 1.49. The zero-order valence-corrected chi connectivity index (χ0v) is 16.4. The standard InChI is InChI=1S/C19H19N3O6S/c1-2-26-18(24)15-7-20-19(25)22-16(15)9-28-17(23)12-3-5-14(6-4-12)27-8-13-10-29-11-21-13/h3-6,10-11H,2,7-9H2,1H3,(H2,20,22,25). The van der Waals surface area contributed by atoms with Gasteiger partial charge >= 0.3 is 18.0 Å². The number of urea groups is 1. The predicted molar refractivity (Wildman–Crippen MR) is 103 cm³/mol. The summed E-state index contributed by atoms with van der Waals surface area (Å²) in [5, 5.41) is 6.85. The van der Waals surface area contributed by atoms with Crippen LogP contribution in [0.3, 0.4) is 0 Å². The van der Waals surface area contributed by atoms with Crippen LogP contribution in [0, 0.1) is 0 Å². The monoisotopic (exact) mass is 417 g/mol. The molecular weight excluding hydrogens is 398 g/mol. The number of carbonyl (C=O) groups is 3. The molecule has 2 aromatic rings. The van der Waals surface area contributed by atoms with Gasteiger partial charge in [-0.3, -0.25) is 0 Å². The largest absolute Gasteiger partial charge is 0.487 e. The summed E-state index contributed by atoms with van der Waals surface area (Å²) in [6.45, 7) is 1.95. The Bertz CT molecular complexity index is 909. The number of nitrogens with one attached hydrogen (secondary N) is 2. The maximum atomic E-state index is 12.3. The molecule has 29 heavy (non-hydrogen) atoms. The molecule has 0 radical (unpaired) electrons. The van der Waals surface area contributed by atoms with E-state index in [1.54, 1.807) is 36.7 Å². The van der Waals surface area contributed by atoms with Gasteiger partial charge in [-0.15, -0.1) is 11.3 Å². The van der Waals surface area contributed by atoms with E-state index >= 15 is 0 Å². The molecule has 0 spiro atoms. The number of esters is 2. The van der Waals surface area contributed by atoms with Crippen LogP contribution < -0.4 is 15.4 Å². The first-order valence-corrected chi connectivity index (χ1v) is 9.72. The fraction of sp³-hybridized carbons (Fsp3) is 0.263. The number of benzene rings is 1. The lowest BCUT2D eigenvalue weighted by Gasteiger charge is -2.21. The Hall–Kier alpha value is -3.40. The van der Waals surface area contributed by atoms with Gasteiger partial charge in [0.1, 0.15) is 19.0 Å². The van der Waals surface area contributed by atoms with Crippen LogP contribution in [0.4, 0.5) is 4.79 Å². The van der Waals surface area contributed by atoms with Gasteiger partial charge in [-0.05, 0) is 31.2 Å². The minimum absolute atomic E-state index is 0.00255. The van der Waals surface area contributed by atoms with Crippen LogP contribution in [0.5, 0.6) is 5.75 Å². The van der Waals surface area contributed by atoms with E-state index in [4.69, 9.17) is 14.2 Å². The first-order valence-electron chi connectivity index (χ1n) is 8.78. The quantitative estimate of drug-likeness (QED) is 0.631. The number of aromatic nitrogens is 1. The van der Waals surface area contributed by atoms with Crippen molar-refractivity contribution in [3.8, 4) is 5.75 Å². The molecule has 2 heterocycles. The van der Waals surface area contributed by atoms with Crippen LogP contribution in [0.1, 0.15) is 23.0 Å². The second-order valence-corrected chi connectivity index (χ2v) is 6.57. The van der Waals surface area contributed by atoms with Gasteiger partial charge in [-0.1, -0.05) is 0 Å². The van der Waals surface area contributed by atoms with Gasteiger partial charge in [-0.2, -0.15) is 0 Å². The lowest BCUT2D eigenvalue weighted by Crippen LogP contribution is -2.45. The zero-order valence-electron chi connectivity index (χ0n) is 15.6. The first-order chi connectivity index (χ1) is 14.1. The summed E-state index contributed by atoms with van der Waals surface area (Å²) in [6, 6.07) is 5.96. The highest BCUT2D eigenvalue weighted by atomic mass is 32.1. The van der Waals surface area contributed by atoms with Gasteiger partial charge < -0.3 is 24.8 Å². The van der Waals surface area contributed by atoms with Gasteiger partial charge in [0.15, 0.2) is 0 Å². The lowest BCUT2D eigenvalue weighted by molar-refractivity contribution is -0.138. The molecule has 152 valence electrons. The Balaban J connectivity index is 1.58. The van der Waals surface area contributed by atoms with E-state index < -0.39 is 18.0 Å². The second-order valence-electron chi connectivity index (χ2n) is 5.85. The summed E-state index contributed by atoms with van der Waals surface area (Å²) < 4.78 is 15.8. The number of nitrogens with zero attached hydrogens (tertiary/aromatic N) is 1. The smallest absolute Gasteiger partial charge is 0.338 e. The maximum absolute atomic E-state index is 12.3. The van der Waals surface area contributed by atoms with Crippen molar-refractivity contribution in [2.45, 2.75) is 13.5 Å². The highest BCUT2D eigenvalue weighted by Gasteiger charge is 2.24. The van der Waals surface area contributed by atoms with E-state index in [2.05, 4.69) is 15.6 Å². The van der Waals surface area contributed by atoms with Crippen molar-refractivity contribution in [1.82, 2.24) is 15.6 Å². The van der Waals surface area contributed by atoms with Crippen molar-refractivity contribution < 1.29 is 28.6 Å². The predicted octanol–water partition coefficient (Wildman–Crippen LogP) is 2.01. The molecule has 1 aliphatic heterocycles. The molecule has 0 saturated heterocycles. The van der Waals surface area contributed by atoms with E-state index in [1.165, 1.54) is 11.3 Å². The number of rotatable bonds is 8. The molecule has 0 aliphatic carbocycles. The third kappa shape index (κ3) is 5.55. The van der Waals surface area contributed by atoms with Crippen molar-refractivity contribution in [3.63, 3.8) is 0 Å². The average Bonchev–Trinajstić information content (AvgIpc) is 3.25. The normalized spacial score (nSPS) is 13.3. The van der Waals surface area contributed by atoms with Gasteiger partial charge in [0.2, 0.25) is 0 Å². The fourth-order valence-electron chi connectivity index (χ4n) is 2.44. The van der Waals surface area contributed by atoms with Crippen LogP contribution in [0.2, 0.25) is 0 Å². The average molecular weight is 417 g/mol. The van der Waals surface area contributed by atoms with E-state index in [1.807, 2.05) is 5.38 Å². The molecule has 0 bridgehead atoms. The van der Waals surface area contributed by atoms with Gasteiger partial charge in [0, 0.05) is 5.38 Å². The summed E-state index contributed by atoms with van der Waals surface area (Å²) in [4.78, 5) is 39.9. The third-order valence-electron chi connectivity index (χ3n) is 3.88. The molecule has 9 nitrogen and oxygen atoms in total. The van der Waals surface area contributed by atoms with E-state index in [-0.39, 0.29) is 31.0 Å².